The highest BCUT2D eigenvalue weighted by Crippen LogP contribution is 2.49. The zero-order valence-electron chi connectivity index (χ0n) is 12.7. The van der Waals surface area contributed by atoms with Crippen molar-refractivity contribution in [1.29, 1.82) is 0 Å². The second kappa shape index (κ2) is 6.58. The lowest BCUT2D eigenvalue weighted by atomic mass is 9.76. The maximum atomic E-state index is 12.5. The van der Waals surface area contributed by atoms with E-state index in [1.807, 2.05) is 0 Å². The molecule has 23 heavy (non-hydrogen) atoms. The average Bonchev–Trinajstić information content (AvgIpc) is 2.83. The van der Waals surface area contributed by atoms with Crippen LogP contribution in [-0.2, 0) is 4.79 Å². The van der Waals surface area contributed by atoms with E-state index in [9.17, 15) is 23.1 Å². The van der Waals surface area contributed by atoms with E-state index in [1.54, 1.807) is 0 Å². The fourth-order valence-corrected chi connectivity index (χ4v) is 4.25. The summed E-state index contributed by atoms with van der Waals surface area (Å²) in [5, 5.41) is 27.2. The number of fused-ring (bicyclic) bond motifs is 1. The number of nitrogens with zero attached hydrogens (tertiary/aromatic N) is 1. The Morgan fingerprint density at radius 3 is 2.52 bits per heavy atom. The molecule has 2 aliphatic rings. The van der Waals surface area contributed by atoms with Crippen molar-refractivity contribution in [3.05, 3.63) is 0 Å². The van der Waals surface area contributed by atoms with E-state index in [-0.39, 0.29) is 37.7 Å². The van der Waals surface area contributed by atoms with Crippen molar-refractivity contribution in [3.63, 3.8) is 0 Å². The molecule has 0 bridgehead atoms. The first-order valence-electron chi connectivity index (χ1n) is 7.70. The van der Waals surface area contributed by atoms with Crippen LogP contribution in [0, 0.1) is 17.8 Å². The number of halogens is 3. The molecule has 4 atom stereocenters. The maximum absolute atomic E-state index is 12.5. The normalized spacial score (nSPS) is 34.6. The Morgan fingerprint density at radius 1 is 1.35 bits per heavy atom. The van der Waals surface area contributed by atoms with Crippen LogP contribution < -0.4 is 5.73 Å². The first-order chi connectivity index (χ1) is 10.5. The summed E-state index contributed by atoms with van der Waals surface area (Å²) in [6.07, 6.45) is -3.29. The van der Waals surface area contributed by atoms with Gasteiger partial charge in [-0.15, -0.1) is 0 Å². The summed E-state index contributed by atoms with van der Waals surface area (Å²) < 4.78 is 37.6. The molecule has 1 saturated heterocycles. The molecule has 5 N–H and O–H groups in total. The third kappa shape index (κ3) is 4.17. The molecular formula is C13H22BF3N2O4. The number of rotatable bonds is 6. The number of carbonyl (C=O) groups is 1. The Bertz CT molecular complexity index is 451. The molecule has 1 aliphatic carbocycles. The zero-order chi connectivity index (χ0) is 17.4. The minimum Gasteiger partial charge on any atom is -0.480 e. The van der Waals surface area contributed by atoms with Crippen molar-refractivity contribution in [2.24, 2.45) is 23.5 Å². The molecule has 0 spiro atoms. The number of carboxylic acids is 1. The number of likely N-dealkylation sites (tertiary alicyclic amines) is 1. The van der Waals surface area contributed by atoms with Crippen LogP contribution in [0.15, 0.2) is 0 Å². The fourth-order valence-electron chi connectivity index (χ4n) is 4.25. The van der Waals surface area contributed by atoms with Gasteiger partial charge in [0.2, 0.25) is 0 Å². The van der Waals surface area contributed by atoms with E-state index in [2.05, 4.69) is 0 Å². The summed E-state index contributed by atoms with van der Waals surface area (Å²) >= 11 is 0. The fraction of sp³-hybridized carbons (Fsp3) is 0.923. The predicted molar refractivity (Wildman–Crippen MR) is 76.4 cm³/mol. The Kier molecular flexibility index (Phi) is 5.29. The van der Waals surface area contributed by atoms with Crippen LogP contribution in [0.1, 0.15) is 19.3 Å². The standard InChI is InChI=1S/C13H22BF3N2O4/c15-13(16,17)7-19-5-8-4-12(18,11(20)21)10(9(8)6-19)2-1-3-14(22)23/h8-10,22-23H,1-7,18H2,(H,20,21)/t8-,9+,10-,12-/m0/s1. The molecule has 0 aromatic rings. The van der Waals surface area contributed by atoms with E-state index >= 15 is 0 Å². The second-order valence-corrected chi connectivity index (χ2v) is 6.80. The molecule has 1 saturated carbocycles. The molecule has 132 valence electrons. The van der Waals surface area contributed by atoms with Crippen molar-refractivity contribution >= 4 is 13.1 Å². The lowest BCUT2D eigenvalue weighted by Crippen LogP contribution is -2.53. The number of hydrogen-bond donors (Lipinski definition) is 4. The van der Waals surface area contributed by atoms with Gasteiger partial charge in [0.1, 0.15) is 5.54 Å². The summed E-state index contributed by atoms with van der Waals surface area (Å²) in [5.74, 6) is -1.96. The smallest absolute Gasteiger partial charge is 0.451 e. The van der Waals surface area contributed by atoms with Gasteiger partial charge in [-0.05, 0) is 36.9 Å². The maximum Gasteiger partial charge on any atom is 0.451 e. The largest absolute Gasteiger partial charge is 0.480 e. The highest BCUT2D eigenvalue weighted by molar-refractivity contribution is 6.40. The van der Waals surface area contributed by atoms with Gasteiger partial charge in [-0.25, -0.2) is 0 Å². The van der Waals surface area contributed by atoms with Crippen molar-refractivity contribution in [1.82, 2.24) is 4.90 Å². The topological polar surface area (TPSA) is 107 Å². The van der Waals surface area contributed by atoms with Crippen molar-refractivity contribution in [3.8, 4) is 0 Å². The Labute approximate surface area is 132 Å². The Morgan fingerprint density at radius 2 is 2.00 bits per heavy atom. The van der Waals surface area contributed by atoms with E-state index in [0.29, 0.717) is 12.8 Å². The Hall–Kier alpha value is -0.835. The van der Waals surface area contributed by atoms with Gasteiger partial charge >= 0.3 is 19.3 Å². The van der Waals surface area contributed by atoms with Crippen LogP contribution in [0.25, 0.3) is 0 Å². The first kappa shape index (κ1) is 18.5. The van der Waals surface area contributed by atoms with Gasteiger partial charge in [-0.1, -0.05) is 6.42 Å². The molecular weight excluding hydrogens is 316 g/mol. The van der Waals surface area contributed by atoms with Gasteiger partial charge in [0.05, 0.1) is 6.54 Å². The van der Waals surface area contributed by atoms with Gasteiger partial charge in [-0.3, -0.25) is 9.69 Å². The lowest BCUT2D eigenvalue weighted by Gasteiger charge is -2.31. The van der Waals surface area contributed by atoms with Crippen LogP contribution in [0.3, 0.4) is 0 Å². The van der Waals surface area contributed by atoms with Crippen LogP contribution in [0.2, 0.25) is 6.32 Å². The number of aliphatic carboxylic acids is 1. The van der Waals surface area contributed by atoms with E-state index < -0.39 is 37.3 Å². The molecule has 0 amide bonds. The molecule has 2 rings (SSSR count). The number of carboxylic acid groups (broad SMARTS) is 1. The second-order valence-electron chi connectivity index (χ2n) is 6.80. The number of alkyl halides is 3. The first-order valence-corrected chi connectivity index (χ1v) is 7.70. The van der Waals surface area contributed by atoms with Crippen LogP contribution >= 0.6 is 0 Å². The molecule has 2 fully saturated rings. The zero-order valence-corrected chi connectivity index (χ0v) is 12.7. The van der Waals surface area contributed by atoms with Gasteiger partial charge in [0.15, 0.2) is 0 Å². The van der Waals surface area contributed by atoms with Crippen LogP contribution in [-0.4, -0.2) is 64.5 Å². The minimum absolute atomic E-state index is 0.0931. The van der Waals surface area contributed by atoms with Crippen LogP contribution in [0.4, 0.5) is 13.2 Å². The quantitative estimate of drug-likeness (QED) is 0.514. The van der Waals surface area contributed by atoms with Gasteiger partial charge < -0.3 is 20.9 Å². The molecule has 0 radical (unpaired) electrons. The molecule has 10 heteroatoms. The molecule has 0 aromatic carbocycles. The van der Waals surface area contributed by atoms with Crippen molar-refractivity contribution in [2.75, 3.05) is 19.6 Å². The summed E-state index contributed by atoms with van der Waals surface area (Å²) in [5.41, 5.74) is 4.62. The van der Waals surface area contributed by atoms with Gasteiger partial charge in [0, 0.05) is 13.1 Å². The third-order valence-corrected chi connectivity index (χ3v) is 5.12. The van der Waals surface area contributed by atoms with Crippen molar-refractivity contribution in [2.45, 2.75) is 37.3 Å². The SMILES string of the molecule is N[C@@]1(C(=O)O)C[C@H]2CN(CC(F)(F)F)C[C@H]2[C@@H]1CCCB(O)O. The minimum atomic E-state index is -4.28. The molecule has 6 nitrogen and oxygen atoms in total. The van der Waals surface area contributed by atoms with Gasteiger partial charge in [-0.2, -0.15) is 13.2 Å². The average molecular weight is 338 g/mol. The number of nitrogens with two attached hydrogens (primary N) is 1. The summed E-state index contributed by atoms with van der Waals surface area (Å²) in [6.45, 7) is -0.606. The number of hydrogen-bond acceptors (Lipinski definition) is 5. The van der Waals surface area contributed by atoms with Crippen LogP contribution in [0.5, 0.6) is 0 Å². The van der Waals surface area contributed by atoms with Gasteiger partial charge in [0.25, 0.3) is 0 Å². The molecule has 0 aromatic heterocycles. The molecule has 0 unspecified atom stereocenters. The lowest BCUT2D eigenvalue weighted by molar-refractivity contribution is -0.148. The Balaban J connectivity index is 2.06. The highest BCUT2D eigenvalue weighted by atomic mass is 19.4. The highest BCUT2D eigenvalue weighted by Gasteiger charge is 2.58. The summed E-state index contributed by atoms with van der Waals surface area (Å²) in [7, 11) is -1.48. The summed E-state index contributed by atoms with van der Waals surface area (Å²) in [6, 6.07) is 0. The summed E-state index contributed by atoms with van der Waals surface area (Å²) in [4.78, 5) is 12.9. The van der Waals surface area contributed by atoms with E-state index in [4.69, 9.17) is 15.8 Å². The van der Waals surface area contributed by atoms with E-state index in [1.165, 1.54) is 4.90 Å². The predicted octanol–water partition coefficient (Wildman–Crippen LogP) is 0.152. The van der Waals surface area contributed by atoms with E-state index in [0.717, 1.165) is 0 Å². The third-order valence-electron chi connectivity index (χ3n) is 5.12. The molecule has 1 aliphatic heterocycles. The monoisotopic (exact) mass is 338 g/mol. The van der Waals surface area contributed by atoms with Crippen molar-refractivity contribution < 1.29 is 33.1 Å². The molecule has 1 heterocycles.